The van der Waals surface area contributed by atoms with Gasteiger partial charge in [-0.05, 0) is 25.0 Å². The van der Waals surface area contributed by atoms with Crippen molar-refractivity contribution in [2.24, 2.45) is 0 Å². The summed E-state index contributed by atoms with van der Waals surface area (Å²) in [5.74, 6) is 0.552. The fourth-order valence-corrected chi connectivity index (χ4v) is 2.56. The van der Waals surface area contributed by atoms with Crippen molar-refractivity contribution in [3.05, 3.63) is 40.4 Å². The fraction of sp³-hybridized carbons (Fsp3) is 0.438. The van der Waals surface area contributed by atoms with Crippen molar-refractivity contribution in [2.75, 3.05) is 14.2 Å². The summed E-state index contributed by atoms with van der Waals surface area (Å²) in [7, 11) is 3.02. The average molecular weight is 301 g/mol. The standard InChI is InChI=1S/C16H19N3O3/c1-18(22-2)15(20)10-9-14-17-13-6-4-3-5-12(13)16(21)19(14)11-7-8-11/h3-6,11H,7-10H2,1-2H3. The van der Waals surface area contributed by atoms with E-state index in [2.05, 4.69) is 4.98 Å². The molecule has 1 aliphatic rings. The van der Waals surface area contributed by atoms with Crippen molar-refractivity contribution in [2.45, 2.75) is 31.7 Å². The Kier molecular flexibility index (Phi) is 3.94. The number of carbonyl (C=O) groups excluding carboxylic acids is 1. The third kappa shape index (κ3) is 2.74. The Balaban J connectivity index is 1.96. The molecule has 0 radical (unpaired) electrons. The van der Waals surface area contributed by atoms with Gasteiger partial charge in [-0.25, -0.2) is 10.0 Å². The lowest BCUT2D eigenvalue weighted by Gasteiger charge is -2.15. The Hall–Kier alpha value is -2.21. The highest BCUT2D eigenvalue weighted by atomic mass is 16.7. The van der Waals surface area contributed by atoms with Crippen LogP contribution < -0.4 is 5.56 Å². The minimum atomic E-state index is -0.132. The summed E-state index contributed by atoms with van der Waals surface area (Å²) in [6.07, 6.45) is 2.70. The molecule has 2 aromatic rings. The number of hydrogen-bond donors (Lipinski definition) is 0. The maximum atomic E-state index is 12.7. The van der Waals surface area contributed by atoms with E-state index in [0.29, 0.717) is 23.1 Å². The number of nitrogens with zero attached hydrogens (tertiary/aromatic N) is 3. The van der Waals surface area contributed by atoms with Crippen LogP contribution in [0.1, 0.15) is 31.1 Å². The van der Waals surface area contributed by atoms with E-state index in [-0.39, 0.29) is 23.9 Å². The summed E-state index contributed by atoms with van der Waals surface area (Å²) in [4.78, 5) is 34.0. The smallest absolute Gasteiger partial charge is 0.261 e. The number of aromatic nitrogens is 2. The number of benzene rings is 1. The molecule has 0 N–H and O–H groups in total. The van der Waals surface area contributed by atoms with Crippen LogP contribution in [0.2, 0.25) is 0 Å². The van der Waals surface area contributed by atoms with E-state index in [1.807, 2.05) is 18.2 Å². The summed E-state index contributed by atoms with van der Waals surface area (Å²) in [6.45, 7) is 0. The molecule has 6 nitrogen and oxygen atoms in total. The fourth-order valence-electron chi connectivity index (χ4n) is 2.56. The summed E-state index contributed by atoms with van der Waals surface area (Å²) < 4.78 is 1.77. The molecule has 1 aromatic carbocycles. The monoisotopic (exact) mass is 301 g/mol. The maximum absolute atomic E-state index is 12.7. The van der Waals surface area contributed by atoms with E-state index >= 15 is 0 Å². The van der Waals surface area contributed by atoms with Crippen molar-refractivity contribution in [3.8, 4) is 0 Å². The minimum Gasteiger partial charge on any atom is -0.293 e. The number of fused-ring (bicyclic) bond motifs is 1. The lowest BCUT2D eigenvalue weighted by molar-refractivity contribution is -0.168. The topological polar surface area (TPSA) is 64.4 Å². The third-order valence-electron chi connectivity index (χ3n) is 3.98. The van der Waals surface area contributed by atoms with E-state index in [0.717, 1.165) is 12.8 Å². The number of rotatable bonds is 5. The quantitative estimate of drug-likeness (QED) is 0.788. The maximum Gasteiger partial charge on any atom is 0.261 e. The van der Waals surface area contributed by atoms with Crippen molar-refractivity contribution in [1.82, 2.24) is 14.6 Å². The first-order chi connectivity index (χ1) is 10.6. The highest BCUT2D eigenvalue weighted by Crippen LogP contribution is 2.34. The van der Waals surface area contributed by atoms with Gasteiger partial charge in [0, 0.05) is 25.9 Å². The molecule has 0 saturated heterocycles. The van der Waals surface area contributed by atoms with Gasteiger partial charge in [-0.15, -0.1) is 0 Å². The molecule has 1 amide bonds. The van der Waals surface area contributed by atoms with Gasteiger partial charge in [0.1, 0.15) is 5.82 Å². The van der Waals surface area contributed by atoms with Gasteiger partial charge in [-0.1, -0.05) is 12.1 Å². The molecule has 6 heteroatoms. The normalized spacial score (nSPS) is 14.3. The number of carbonyl (C=O) groups is 1. The Morgan fingerprint density at radius 1 is 1.41 bits per heavy atom. The van der Waals surface area contributed by atoms with E-state index in [9.17, 15) is 9.59 Å². The van der Waals surface area contributed by atoms with E-state index in [1.54, 1.807) is 17.7 Å². The Morgan fingerprint density at radius 3 is 2.82 bits per heavy atom. The Morgan fingerprint density at radius 2 is 2.14 bits per heavy atom. The molecular formula is C16H19N3O3. The molecule has 1 saturated carbocycles. The molecule has 0 aliphatic heterocycles. The predicted molar refractivity (Wildman–Crippen MR) is 82.4 cm³/mol. The number of aryl methyl sites for hydroxylation is 1. The SMILES string of the molecule is CON(C)C(=O)CCc1nc2ccccc2c(=O)n1C1CC1. The van der Waals surface area contributed by atoms with Crippen LogP contribution in [-0.2, 0) is 16.1 Å². The average Bonchev–Trinajstić information content (AvgIpc) is 3.36. The van der Waals surface area contributed by atoms with Crippen molar-refractivity contribution < 1.29 is 9.63 Å². The number of hydrogen-bond acceptors (Lipinski definition) is 4. The van der Waals surface area contributed by atoms with Gasteiger partial charge in [-0.2, -0.15) is 0 Å². The third-order valence-corrected chi connectivity index (χ3v) is 3.98. The lowest BCUT2D eigenvalue weighted by Crippen LogP contribution is -2.28. The van der Waals surface area contributed by atoms with Crippen LogP contribution in [0, 0.1) is 0 Å². The zero-order valence-electron chi connectivity index (χ0n) is 12.8. The van der Waals surface area contributed by atoms with Gasteiger partial charge in [0.2, 0.25) is 5.91 Å². The van der Waals surface area contributed by atoms with Gasteiger partial charge < -0.3 is 0 Å². The second kappa shape index (κ2) is 5.88. The van der Waals surface area contributed by atoms with Gasteiger partial charge in [0.05, 0.1) is 18.0 Å². The van der Waals surface area contributed by atoms with Gasteiger partial charge >= 0.3 is 0 Å². The molecular weight excluding hydrogens is 282 g/mol. The van der Waals surface area contributed by atoms with Gasteiger partial charge in [-0.3, -0.25) is 19.0 Å². The van der Waals surface area contributed by atoms with Crippen molar-refractivity contribution in [3.63, 3.8) is 0 Å². The minimum absolute atomic E-state index is 0.00403. The van der Waals surface area contributed by atoms with Crippen LogP contribution in [0.3, 0.4) is 0 Å². The first-order valence-electron chi connectivity index (χ1n) is 7.42. The lowest BCUT2D eigenvalue weighted by atomic mass is 10.2. The molecule has 3 rings (SSSR count). The van der Waals surface area contributed by atoms with Crippen LogP contribution in [0.4, 0.5) is 0 Å². The highest BCUT2D eigenvalue weighted by Gasteiger charge is 2.28. The molecule has 1 aromatic heterocycles. The van der Waals surface area contributed by atoms with Gasteiger partial charge in [0.25, 0.3) is 5.56 Å². The molecule has 0 atom stereocenters. The van der Waals surface area contributed by atoms with Crippen LogP contribution in [0.25, 0.3) is 10.9 Å². The van der Waals surface area contributed by atoms with Crippen LogP contribution in [-0.4, -0.2) is 34.7 Å². The largest absolute Gasteiger partial charge is 0.293 e. The predicted octanol–water partition coefficient (Wildman–Crippen LogP) is 1.68. The van der Waals surface area contributed by atoms with E-state index in [4.69, 9.17) is 4.84 Å². The molecule has 116 valence electrons. The van der Waals surface area contributed by atoms with Crippen molar-refractivity contribution in [1.29, 1.82) is 0 Å². The zero-order valence-corrected chi connectivity index (χ0v) is 12.8. The number of para-hydroxylation sites is 1. The summed E-state index contributed by atoms with van der Waals surface area (Å²) in [6, 6.07) is 7.58. The molecule has 22 heavy (non-hydrogen) atoms. The first-order valence-corrected chi connectivity index (χ1v) is 7.42. The Labute approximate surface area is 128 Å². The molecule has 1 aliphatic carbocycles. The van der Waals surface area contributed by atoms with Crippen LogP contribution in [0.5, 0.6) is 0 Å². The molecule has 0 unspecified atom stereocenters. The number of amides is 1. The molecule has 0 spiro atoms. The van der Waals surface area contributed by atoms with Crippen molar-refractivity contribution >= 4 is 16.8 Å². The molecule has 1 fully saturated rings. The highest BCUT2D eigenvalue weighted by molar-refractivity contribution is 5.78. The Bertz CT molecular complexity index is 765. The van der Waals surface area contributed by atoms with E-state index in [1.165, 1.54) is 12.2 Å². The van der Waals surface area contributed by atoms with E-state index < -0.39 is 0 Å². The van der Waals surface area contributed by atoms with Gasteiger partial charge in [0.15, 0.2) is 0 Å². The summed E-state index contributed by atoms with van der Waals surface area (Å²) in [5, 5.41) is 1.83. The second-order valence-corrected chi connectivity index (χ2v) is 5.53. The summed E-state index contributed by atoms with van der Waals surface area (Å²) >= 11 is 0. The zero-order chi connectivity index (χ0) is 15.7. The number of hydroxylamine groups is 2. The van der Waals surface area contributed by atoms with Crippen LogP contribution in [0.15, 0.2) is 29.1 Å². The first kappa shape index (κ1) is 14.7. The molecule has 0 bridgehead atoms. The second-order valence-electron chi connectivity index (χ2n) is 5.53. The van der Waals surface area contributed by atoms with Crippen LogP contribution >= 0.6 is 0 Å². The molecule has 1 heterocycles. The summed E-state index contributed by atoms with van der Waals surface area (Å²) in [5.41, 5.74) is 0.683.